The van der Waals surface area contributed by atoms with Crippen LogP contribution in [0.25, 0.3) is 0 Å². The predicted molar refractivity (Wildman–Crippen MR) is 78.6 cm³/mol. The third-order valence-corrected chi connectivity index (χ3v) is 2.98. The Kier molecular flexibility index (Phi) is 5.07. The summed E-state index contributed by atoms with van der Waals surface area (Å²) < 4.78 is 30.9. The predicted octanol–water partition coefficient (Wildman–Crippen LogP) is 3.54. The molecule has 0 bridgehead atoms. The van der Waals surface area contributed by atoms with Gasteiger partial charge in [-0.2, -0.15) is 0 Å². The van der Waals surface area contributed by atoms with Gasteiger partial charge in [-0.25, -0.2) is 8.78 Å². The van der Waals surface area contributed by atoms with E-state index in [-0.39, 0.29) is 22.1 Å². The lowest BCUT2D eigenvalue weighted by Crippen LogP contribution is -2.20. The molecular weight excluding hydrogens is 334 g/mol. The summed E-state index contributed by atoms with van der Waals surface area (Å²) in [7, 11) is 0. The van der Waals surface area contributed by atoms with Crippen LogP contribution in [0.5, 0.6) is 5.75 Å². The SMILES string of the molecule is O=C(COc1ccc([N+](=O)[O-])cc1Cl)Nc1ccc(F)c(F)c1. The van der Waals surface area contributed by atoms with Gasteiger partial charge in [0.05, 0.1) is 9.95 Å². The lowest BCUT2D eigenvalue weighted by Gasteiger charge is -2.09. The highest BCUT2D eigenvalue weighted by molar-refractivity contribution is 6.32. The number of carbonyl (C=O) groups excluding carboxylic acids is 1. The van der Waals surface area contributed by atoms with Gasteiger partial charge in [-0.1, -0.05) is 11.6 Å². The molecule has 0 fully saturated rings. The van der Waals surface area contributed by atoms with Crippen LogP contribution in [0.2, 0.25) is 5.02 Å². The number of halogens is 3. The molecule has 0 saturated carbocycles. The van der Waals surface area contributed by atoms with Crippen LogP contribution in [0.1, 0.15) is 0 Å². The van der Waals surface area contributed by atoms with E-state index >= 15 is 0 Å². The average Bonchev–Trinajstić information content (AvgIpc) is 2.49. The van der Waals surface area contributed by atoms with Gasteiger partial charge in [0.2, 0.25) is 0 Å². The molecule has 2 aromatic carbocycles. The molecule has 0 aliphatic carbocycles. The first-order valence-electron chi connectivity index (χ1n) is 6.18. The molecule has 2 aromatic rings. The summed E-state index contributed by atoms with van der Waals surface area (Å²) in [6.45, 7) is -0.462. The van der Waals surface area contributed by atoms with Crippen LogP contribution in [0, 0.1) is 21.7 Å². The molecule has 23 heavy (non-hydrogen) atoms. The number of amides is 1. The van der Waals surface area contributed by atoms with E-state index in [0.717, 1.165) is 18.2 Å². The van der Waals surface area contributed by atoms with Crippen molar-refractivity contribution in [2.24, 2.45) is 0 Å². The number of hydrogen-bond donors (Lipinski definition) is 1. The van der Waals surface area contributed by atoms with Crippen LogP contribution < -0.4 is 10.1 Å². The number of non-ortho nitro benzene ring substituents is 1. The van der Waals surface area contributed by atoms with Gasteiger partial charge in [-0.3, -0.25) is 14.9 Å². The van der Waals surface area contributed by atoms with Gasteiger partial charge < -0.3 is 10.1 Å². The number of anilines is 1. The highest BCUT2D eigenvalue weighted by Crippen LogP contribution is 2.28. The molecule has 0 radical (unpaired) electrons. The molecule has 0 atom stereocenters. The Morgan fingerprint density at radius 2 is 1.96 bits per heavy atom. The van der Waals surface area contributed by atoms with Gasteiger partial charge in [0.15, 0.2) is 18.2 Å². The van der Waals surface area contributed by atoms with E-state index in [9.17, 15) is 23.7 Å². The Balaban J connectivity index is 1.96. The average molecular weight is 343 g/mol. The standard InChI is InChI=1S/C14H9ClF2N2O4/c15-10-6-9(19(21)22)2-4-13(10)23-7-14(20)18-8-1-3-11(16)12(17)5-8/h1-6H,7H2,(H,18,20). The number of rotatable bonds is 5. The number of nitrogens with zero attached hydrogens (tertiary/aromatic N) is 1. The van der Waals surface area contributed by atoms with Gasteiger partial charge in [-0.15, -0.1) is 0 Å². The fourth-order valence-electron chi connectivity index (χ4n) is 1.63. The minimum atomic E-state index is -1.10. The molecule has 0 unspecified atom stereocenters. The lowest BCUT2D eigenvalue weighted by atomic mass is 10.3. The molecule has 0 saturated heterocycles. The van der Waals surface area contributed by atoms with Crippen molar-refractivity contribution < 1.29 is 23.2 Å². The molecule has 0 spiro atoms. The molecule has 1 N–H and O–H groups in total. The number of nitro groups is 1. The number of ether oxygens (including phenoxy) is 1. The molecule has 0 heterocycles. The third-order valence-electron chi connectivity index (χ3n) is 2.69. The van der Waals surface area contributed by atoms with E-state index in [2.05, 4.69) is 5.32 Å². The van der Waals surface area contributed by atoms with Gasteiger partial charge in [0.1, 0.15) is 5.75 Å². The van der Waals surface area contributed by atoms with Crippen molar-refractivity contribution in [1.82, 2.24) is 0 Å². The van der Waals surface area contributed by atoms with Crippen molar-refractivity contribution in [3.8, 4) is 5.75 Å². The Labute approximate surface area is 133 Å². The van der Waals surface area contributed by atoms with Crippen molar-refractivity contribution in [2.75, 3.05) is 11.9 Å². The maximum absolute atomic E-state index is 13.0. The Morgan fingerprint density at radius 3 is 2.57 bits per heavy atom. The molecule has 1 amide bonds. The summed E-state index contributed by atoms with van der Waals surface area (Å²) in [5.74, 6) is -2.68. The zero-order chi connectivity index (χ0) is 17.0. The van der Waals surface area contributed by atoms with Crippen molar-refractivity contribution >= 4 is 28.9 Å². The first-order chi connectivity index (χ1) is 10.9. The fraction of sp³-hybridized carbons (Fsp3) is 0.0714. The summed E-state index contributed by atoms with van der Waals surface area (Å²) in [4.78, 5) is 21.6. The lowest BCUT2D eigenvalue weighted by molar-refractivity contribution is -0.384. The van der Waals surface area contributed by atoms with Gasteiger partial charge >= 0.3 is 0 Å². The second kappa shape index (κ2) is 7.01. The largest absolute Gasteiger partial charge is 0.482 e. The fourth-order valence-corrected chi connectivity index (χ4v) is 1.86. The molecule has 0 aromatic heterocycles. The minimum absolute atomic E-state index is 0.0279. The molecule has 2 rings (SSSR count). The highest BCUT2D eigenvalue weighted by atomic mass is 35.5. The highest BCUT2D eigenvalue weighted by Gasteiger charge is 2.12. The number of benzene rings is 2. The minimum Gasteiger partial charge on any atom is -0.482 e. The monoisotopic (exact) mass is 342 g/mol. The number of hydrogen-bond acceptors (Lipinski definition) is 4. The van der Waals surface area contributed by atoms with Crippen molar-refractivity contribution in [1.29, 1.82) is 0 Å². The summed E-state index contributed by atoms with van der Waals surface area (Å²) in [6.07, 6.45) is 0. The maximum atomic E-state index is 13.0. The summed E-state index contributed by atoms with van der Waals surface area (Å²) >= 11 is 5.80. The van der Waals surface area contributed by atoms with E-state index in [4.69, 9.17) is 16.3 Å². The van der Waals surface area contributed by atoms with E-state index < -0.39 is 29.1 Å². The molecule has 6 nitrogen and oxygen atoms in total. The second-order valence-electron chi connectivity index (χ2n) is 4.34. The Bertz CT molecular complexity index is 770. The zero-order valence-corrected chi connectivity index (χ0v) is 12.1. The van der Waals surface area contributed by atoms with Crippen LogP contribution in [-0.4, -0.2) is 17.4 Å². The van der Waals surface area contributed by atoms with E-state index in [1.54, 1.807) is 0 Å². The molecule has 0 aliphatic heterocycles. The second-order valence-corrected chi connectivity index (χ2v) is 4.74. The van der Waals surface area contributed by atoms with Gasteiger partial charge in [-0.05, 0) is 18.2 Å². The number of nitro benzene ring substituents is 1. The normalized spacial score (nSPS) is 10.2. The van der Waals surface area contributed by atoms with E-state index in [1.165, 1.54) is 18.2 Å². The Morgan fingerprint density at radius 1 is 1.22 bits per heavy atom. The van der Waals surface area contributed by atoms with Crippen LogP contribution in [0.15, 0.2) is 36.4 Å². The Hall–Kier alpha value is -2.74. The summed E-state index contributed by atoms with van der Waals surface area (Å²) in [5, 5.41) is 12.8. The zero-order valence-electron chi connectivity index (χ0n) is 11.4. The third kappa shape index (κ3) is 4.36. The van der Waals surface area contributed by atoms with Crippen LogP contribution >= 0.6 is 11.6 Å². The first kappa shape index (κ1) is 16.6. The number of nitrogens with one attached hydrogen (secondary N) is 1. The van der Waals surface area contributed by atoms with Crippen molar-refractivity contribution in [3.63, 3.8) is 0 Å². The van der Waals surface area contributed by atoms with Crippen LogP contribution in [0.3, 0.4) is 0 Å². The van der Waals surface area contributed by atoms with Gasteiger partial charge in [0, 0.05) is 23.9 Å². The van der Waals surface area contributed by atoms with Crippen molar-refractivity contribution in [2.45, 2.75) is 0 Å². The van der Waals surface area contributed by atoms with Crippen LogP contribution in [-0.2, 0) is 4.79 Å². The van der Waals surface area contributed by atoms with E-state index in [0.29, 0.717) is 0 Å². The maximum Gasteiger partial charge on any atom is 0.271 e. The smallest absolute Gasteiger partial charge is 0.271 e. The molecule has 9 heteroatoms. The summed E-state index contributed by atoms with van der Waals surface area (Å²) in [5.41, 5.74) is -0.152. The molecular formula is C14H9ClF2N2O4. The molecule has 0 aliphatic rings. The van der Waals surface area contributed by atoms with Gasteiger partial charge in [0.25, 0.3) is 11.6 Å². The van der Waals surface area contributed by atoms with E-state index in [1.807, 2.05) is 0 Å². The van der Waals surface area contributed by atoms with Crippen molar-refractivity contribution in [3.05, 3.63) is 63.2 Å². The molecule has 120 valence electrons. The first-order valence-corrected chi connectivity index (χ1v) is 6.56. The van der Waals surface area contributed by atoms with Crippen LogP contribution in [0.4, 0.5) is 20.2 Å². The topological polar surface area (TPSA) is 81.5 Å². The quantitative estimate of drug-likeness (QED) is 0.665. The summed E-state index contributed by atoms with van der Waals surface area (Å²) in [6, 6.07) is 6.41. The number of carbonyl (C=O) groups is 1.